The highest BCUT2D eigenvalue weighted by atomic mass is 16.6. The zero-order valence-corrected chi connectivity index (χ0v) is 11.2. The number of hydrogen-bond acceptors (Lipinski definition) is 6. The van der Waals surface area contributed by atoms with Crippen molar-refractivity contribution in [1.29, 1.82) is 0 Å². The van der Waals surface area contributed by atoms with Gasteiger partial charge in [-0.05, 0) is 37.8 Å². The van der Waals surface area contributed by atoms with E-state index in [1.165, 1.54) is 18.3 Å². The maximum atomic E-state index is 12.2. The van der Waals surface area contributed by atoms with E-state index in [0.717, 1.165) is 12.8 Å². The number of rotatable bonds is 5. The smallest absolute Gasteiger partial charge is 0.339 e. The summed E-state index contributed by atoms with van der Waals surface area (Å²) in [6, 6.07) is 2.95. The van der Waals surface area contributed by atoms with Crippen molar-refractivity contribution in [2.75, 3.05) is 6.54 Å². The van der Waals surface area contributed by atoms with Crippen LogP contribution in [0.1, 0.15) is 41.7 Å². The molecule has 1 aliphatic rings. The first-order valence-corrected chi connectivity index (χ1v) is 6.64. The van der Waals surface area contributed by atoms with Gasteiger partial charge in [-0.2, -0.15) is 0 Å². The molecule has 108 valence electrons. The third kappa shape index (κ3) is 2.86. The van der Waals surface area contributed by atoms with Gasteiger partial charge in [0.25, 0.3) is 0 Å². The minimum atomic E-state index is -1.07. The Hall–Kier alpha value is -1.79. The van der Waals surface area contributed by atoms with Crippen LogP contribution in [0.4, 0.5) is 0 Å². The summed E-state index contributed by atoms with van der Waals surface area (Å²) in [5, 5.41) is 9.02. The highest BCUT2D eigenvalue weighted by molar-refractivity contribution is 5.95. The molecule has 0 aliphatic heterocycles. The van der Waals surface area contributed by atoms with E-state index in [9.17, 15) is 9.59 Å². The van der Waals surface area contributed by atoms with E-state index >= 15 is 0 Å². The molecule has 6 heteroatoms. The number of ether oxygens (including phenoxy) is 1. The Morgan fingerprint density at radius 2 is 2.10 bits per heavy atom. The predicted molar refractivity (Wildman–Crippen MR) is 70.8 cm³/mol. The van der Waals surface area contributed by atoms with Crippen molar-refractivity contribution in [1.82, 2.24) is 4.98 Å². The molecule has 0 saturated heterocycles. The molecule has 1 aromatic heterocycles. The first-order valence-electron chi connectivity index (χ1n) is 6.64. The second-order valence-corrected chi connectivity index (χ2v) is 4.91. The van der Waals surface area contributed by atoms with Gasteiger partial charge in [-0.15, -0.1) is 0 Å². The Kier molecular flexibility index (Phi) is 4.46. The summed E-state index contributed by atoms with van der Waals surface area (Å²) in [5.74, 6) is -0.814. The van der Waals surface area contributed by atoms with Crippen molar-refractivity contribution in [3.8, 4) is 0 Å². The number of carbonyl (C=O) groups is 2. The minimum absolute atomic E-state index is 0.133. The minimum Gasteiger partial charge on any atom is -0.447 e. The van der Waals surface area contributed by atoms with E-state index in [-0.39, 0.29) is 24.5 Å². The lowest BCUT2D eigenvalue weighted by Gasteiger charge is -2.27. The summed E-state index contributed by atoms with van der Waals surface area (Å²) in [4.78, 5) is 28.0. The van der Waals surface area contributed by atoms with Crippen LogP contribution in [0.5, 0.6) is 0 Å². The quantitative estimate of drug-likeness (QED) is 0.763. The van der Waals surface area contributed by atoms with Gasteiger partial charge in [-0.25, -0.2) is 4.79 Å². The fraction of sp³-hybridized carbons (Fsp3) is 0.500. The molecule has 3 N–H and O–H groups in total. The van der Waals surface area contributed by atoms with Crippen LogP contribution in [0.15, 0.2) is 18.3 Å². The number of aromatic nitrogens is 1. The van der Waals surface area contributed by atoms with E-state index in [1.807, 2.05) is 0 Å². The molecule has 1 fully saturated rings. The second kappa shape index (κ2) is 6.11. The fourth-order valence-corrected chi connectivity index (χ4v) is 2.50. The Morgan fingerprint density at radius 3 is 2.70 bits per heavy atom. The van der Waals surface area contributed by atoms with Gasteiger partial charge in [-0.1, -0.05) is 0 Å². The Labute approximate surface area is 117 Å². The molecule has 0 radical (unpaired) electrons. The zero-order chi connectivity index (χ0) is 14.6. The summed E-state index contributed by atoms with van der Waals surface area (Å²) in [6.07, 6.45) is 4.15. The fourth-order valence-electron chi connectivity index (χ4n) is 2.50. The second-order valence-electron chi connectivity index (χ2n) is 4.91. The van der Waals surface area contributed by atoms with Crippen molar-refractivity contribution in [3.05, 3.63) is 29.6 Å². The predicted octanol–water partition coefficient (Wildman–Crippen LogP) is 0.571. The molecule has 2 rings (SSSR count). The first-order chi connectivity index (χ1) is 9.61. The number of nitrogens with two attached hydrogens (primary N) is 1. The zero-order valence-electron chi connectivity index (χ0n) is 11.2. The number of Topliss-reactive ketones (excluding diaryl/α,β-unsaturated/α-hetero) is 1. The van der Waals surface area contributed by atoms with Crippen LogP contribution in [0.25, 0.3) is 0 Å². The van der Waals surface area contributed by atoms with Crippen molar-refractivity contribution in [3.63, 3.8) is 0 Å². The van der Waals surface area contributed by atoms with Crippen molar-refractivity contribution < 1.29 is 19.4 Å². The van der Waals surface area contributed by atoms with Gasteiger partial charge in [0.15, 0.2) is 11.4 Å². The molecular formula is C14H18N2O4. The van der Waals surface area contributed by atoms with Crippen molar-refractivity contribution in [2.24, 2.45) is 5.73 Å². The Morgan fingerprint density at radius 1 is 1.40 bits per heavy atom. The molecule has 1 saturated carbocycles. The SMILES string of the molecule is NCC(=O)C1(OC(=O)c2ccnc(CO)c2)CCCC1. The molecule has 0 unspecified atom stereocenters. The molecular weight excluding hydrogens is 260 g/mol. The van der Waals surface area contributed by atoms with E-state index in [1.54, 1.807) is 0 Å². The van der Waals surface area contributed by atoms with Gasteiger partial charge >= 0.3 is 5.97 Å². The number of hydrogen-bond donors (Lipinski definition) is 2. The Balaban J connectivity index is 2.18. The number of ketones is 1. The molecule has 6 nitrogen and oxygen atoms in total. The summed E-state index contributed by atoms with van der Waals surface area (Å²) in [5.41, 5.74) is 5.00. The molecule has 20 heavy (non-hydrogen) atoms. The number of esters is 1. The summed E-state index contributed by atoms with van der Waals surface area (Å²) in [6.45, 7) is -0.389. The van der Waals surface area contributed by atoms with Gasteiger partial charge in [0.1, 0.15) is 0 Å². The molecule has 0 bridgehead atoms. The molecule has 0 spiro atoms. The van der Waals surface area contributed by atoms with Crippen LogP contribution >= 0.6 is 0 Å². The molecule has 0 aromatic carbocycles. The van der Waals surface area contributed by atoms with Crippen LogP contribution in [0, 0.1) is 0 Å². The topological polar surface area (TPSA) is 103 Å². The summed E-state index contributed by atoms with van der Waals surface area (Å²) >= 11 is 0. The third-order valence-corrected chi connectivity index (χ3v) is 3.61. The maximum Gasteiger partial charge on any atom is 0.339 e. The van der Waals surface area contributed by atoms with E-state index < -0.39 is 11.6 Å². The van der Waals surface area contributed by atoms with Gasteiger partial charge in [0.05, 0.1) is 24.4 Å². The van der Waals surface area contributed by atoms with Gasteiger partial charge < -0.3 is 15.6 Å². The number of aliphatic hydroxyl groups is 1. The number of nitrogens with zero attached hydrogens (tertiary/aromatic N) is 1. The summed E-state index contributed by atoms with van der Waals surface area (Å²) in [7, 11) is 0. The van der Waals surface area contributed by atoms with E-state index in [4.69, 9.17) is 15.6 Å². The average Bonchev–Trinajstić information content (AvgIpc) is 2.96. The lowest BCUT2D eigenvalue weighted by molar-refractivity contribution is -0.136. The van der Waals surface area contributed by atoms with Gasteiger partial charge in [0.2, 0.25) is 0 Å². The summed E-state index contributed by atoms with van der Waals surface area (Å²) < 4.78 is 5.46. The van der Waals surface area contributed by atoms with Crippen LogP contribution < -0.4 is 5.73 Å². The van der Waals surface area contributed by atoms with Crippen LogP contribution in [0.2, 0.25) is 0 Å². The van der Waals surface area contributed by atoms with Crippen molar-refractivity contribution in [2.45, 2.75) is 37.9 Å². The lowest BCUT2D eigenvalue weighted by Crippen LogP contribution is -2.44. The largest absolute Gasteiger partial charge is 0.447 e. The van der Waals surface area contributed by atoms with Gasteiger partial charge in [-0.3, -0.25) is 9.78 Å². The van der Waals surface area contributed by atoms with E-state index in [0.29, 0.717) is 18.5 Å². The highest BCUT2D eigenvalue weighted by Gasteiger charge is 2.43. The Bertz CT molecular complexity index is 510. The first kappa shape index (κ1) is 14.6. The monoisotopic (exact) mass is 278 g/mol. The molecule has 0 atom stereocenters. The standard InChI is InChI=1S/C14H18N2O4/c15-8-12(18)14(4-1-2-5-14)20-13(19)10-3-6-16-11(7-10)9-17/h3,6-7,17H,1-2,4-5,8-9,15H2. The average molecular weight is 278 g/mol. The molecule has 1 aliphatic carbocycles. The highest BCUT2D eigenvalue weighted by Crippen LogP contribution is 2.34. The molecule has 1 heterocycles. The van der Waals surface area contributed by atoms with Crippen molar-refractivity contribution >= 4 is 11.8 Å². The van der Waals surface area contributed by atoms with E-state index in [2.05, 4.69) is 4.98 Å². The molecule has 0 amide bonds. The van der Waals surface area contributed by atoms with Crippen LogP contribution in [-0.4, -0.2) is 34.0 Å². The lowest BCUT2D eigenvalue weighted by atomic mass is 9.96. The maximum absolute atomic E-state index is 12.2. The normalized spacial score (nSPS) is 16.9. The third-order valence-electron chi connectivity index (χ3n) is 3.61. The number of aliphatic hydroxyl groups excluding tert-OH is 1. The number of pyridine rings is 1. The molecule has 1 aromatic rings. The number of carbonyl (C=O) groups excluding carboxylic acids is 2. The van der Waals surface area contributed by atoms with Crippen LogP contribution in [0.3, 0.4) is 0 Å². The van der Waals surface area contributed by atoms with Gasteiger partial charge in [0, 0.05) is 6.20 Å². The van der Waals surface area contributed by atoms with Crippen LogP contribution in [-0.2, 0) is 16.1 Å².